The number of rotatable bonds is 10. The number of carbonyl (C=O) groups is 4. The predicted octanol–water partition coefficient (Wildman–Crippen LogP) is 3.32. The highest BCUT2D eigenvalue weighted by molar-refractivity contribution is 6.31. The zero-order valence-electron chi connectivity index (χ0n) is 26.9. The Morgan fingerprint density at radius 1 is 0.889 bits per heavy atom. The number of aromatic amines is 2. The molecule has 0 saturated carbocycles. The maximum atomic E-state index is 12.4. The summed E-state index contributed by atoms with van der Waals surface area (Å²) in [5.41, 5.74) is 8.63. The van der Waals surface area contributed by atoms with Gasteiger partial charge in [-0.25, -0.2) is 4.99 Å². The number of hydrogen-bond acceptors (Lipinski definition) is 6. The third-order valence-electron chi connectivity index (χ3n) is 8.56. The fourth-order valence-electron chi connectivity index (χ4n) is 5.77. The summed E-state index contributed by atoms with van der Waals surface area (Å²) in [6, 6.07) is 0. The second kappa shape index (κ2) is 13.8. The Kier molecular flexibility index (Phi) is 10.1. The Morgan fingerprint density at radius 2 is 1.53 bits per heavy atom. The molecule has 236 valence electrons. The van der Waals surface area contributed by atoms with Crippen LogP contribution >= 0.6 is 0 Å². The van der Waals surface area contributed by atoms with Crippen molar-refractivity contribution in [2.45, 2.75) is 60.3 Å². The van der Waals surface area contributed by atoms with Gasteiger partial charge in [0, 0.05) is 46.2 Å². The molecule has 1 atom stereocenters. The van der Waals surface area contributed by atoms with E-state index in [2.05, 4.69) is 26.9 Å². The third-order valence-corrected chi connectivity index (χ3v) is 8.56. The molecule has 10 heteroatoms. The molecular weight excluding hydrogens is 572 g/mol. The number of nitrogens with one attached hydrogen (secondary N) is 3. The van der Waals surface area contributed by atoms with Crippen LogP contribution in [0.2, 0.25) is 0 Å². The van der Waals surface area contributed by atoms with Gasteiger partial charge in [-0.15, -0.1) is 0 Å². The van der Waals surface area contributed by atoms with Gasteiger partial charge in [-0.3, -0.25) is 19.2 Å². The number of aliphatic imine (C=N–C) groups is 1. The average molecular weight is 613 g/mol. The van der Waals surface area contributed by atoms with Crippen LogP contribution in [0.3, 0.4) is 0 Å². The second-order valence-electron chi connectivity index (χ2n) is 11.1. The van der Waals surface area contributed by atoms with Crippen molar-refractivity contribution >= 4 is 47.7 Å². The molecule has 3 N–H and O–H groups in total. The summed E-state index contributed by atoms with van der Waals surface area (Å²) in [5.74, 6) is -1.30. The molecule has 0 spiro atoms. The van der Waals surface area contributed by atoms with Crippen molar-refractivity contribution in [2.24, 2.45) is 10.9 Å². The van der Waals surface area contributed by atoms with Crippen molar-refractivity contribution in [2.75, 3.05) is 14.2 Å². The molecule has 2 aliphatic heterocycles. The highest BCUT2D eigenvalue weighted by Crippen LogP contribution is 2.29. The standard InChI is InChI=1S/C35H40N4O6/c1-9-22-21(6)34(42)39-29(22)16-27-20(5)25(12-14-33(41)45-8)31(37-27)17-30-24(11-13-32(40)44-7)19(4)26(36-30)15-28-18(3)23(10-2)35(43)38-28/h9-10,15-17,21,36-37H,2,11-14H2,1,3-8H3,(H,39,42)/b22-9+,26-15-,29-16-,30-17-. The number of nitrogens with zero attached hydrogens (tertiary/aromatic N) is 1. The summed E-state index contributed by atoms with van der Waals surface area (Å²) in [7, 11) is 2.72. The van der Waals surface area contributed by atoms with Crippen LogP contribution in [-0.2, 0) is 41.5 Å². The maximum absolute atomic E-state index is 12.4. The molecule has 2 aromatic rings. The number of carbonyl (C=O) groups excluding carboxylic acids is 4. The van der Waals surface area contributed by atoms with Crippen LogP contribution in [0.15, 0.2) is 46.1 Å². The molecule has 4 heterocycles. The Bertz CT molecular complexity index is 1840. The van der Waals surface area contributed by atoms with E-state index in [0.29, 0.717) is 24.1 Å². The topological polar surface area (TPSA) is 143 Å². The Labute approximate surface area is 262 Å². The summed E-state index contributed by atoms with van der Waals surface area (Å²) in [6.07, 6.45) is 10.4. The van der Waals surface area contributed by atoms with E-state index in [9.17, 15) is 19.2 Å². The number of aromatic nitrogens is 2. The molecule has 45 heavy (non-hydrogen) atoms. The van der Waals surface area contributed by atoms with Gasteiger partial charge >= 0.3 is 11.9 Å². The van der Waals surface area contributed by atoms with Gasteiger partial charge in [0.1, 0.15) is 0 Å². The largest absolute Gasteiger partial charge is 0.469 e. The molecule has 2 aromatic heterocycles. The van der Waals surface area contributed by atoms with Gasteiger partial charge in [0.25, 0.3) is 5.91 Å². The molecule has 1 fully saturated rings. The van der Waals surface area contributed by atoms with Gasteiger partial charge in [0.05, 0.1) is 25.8 Å². The molecule has 2 amide bonds. The number of allylic oxidation sites excluding steroid dienone is 3. The molecule has 1 unspecified atom stereocenters. The van der Waals surface area contributed by atoms with E-state index in [0.717, 1.165) is 61.2 Å². The van der Waals surface area contributed by atoms with E-state index in [4.69, 9.17) is 9.47 Å². The minimum absolute atomic E-state index is 0.0593. The van der Waals surface area contributed by atoms with E-state index in [1.807, 2.05) is 58.9 Å². The zero-order valence-corrected chi connectivity index (χ0v) is 26.9. The van der Waals surface area contributed by atoms with Crippen molar-refractivity contribution in [3.05, 3.63) is 85.5 Å². The predicted molar refractivity (Wildman–Crippen MR) is 173 cm³/mol. The van der Waals surface area contributed by atoms with Crippen molar-refractivity contribution < 1.29 is 28.7 Å². The summed E-state index contributed by atoms with van der Waals surface area (Å²) < 4.78 is 9.81. The van der Waals surface area contributed by atoms with Crippen LogP contribution < -0.4 is 16.0 Å². The van der Waals surface area contributed by atoms with Gasteiger partial charge in [-0.2, -0.15) is 0 Å². The van der Waals surface area contributed by atoms with Crippen LogP contribution in [0.1, 0.15) is 67.3 Å². The number of hydrogen-bond donors (Lipinski definition) is 3. The zero-order chi connectivity index (χ0) is 33.0. The number of ether oxygens (including phenoxy) is 2. The summed E-state index contributed by atoms with van der Waals surface area (Å²) in [4.78, 5) is 60.2. The molecular formula is C35H40N4O6. The minimum Gasteiger partial charge on any atom is -0.469 e. The van der Waals surface area contributed by atoms with Crippen LogP contribution in [0, 0.1) is 19.8 Å². The quantitative estimate of drug-likeness (QED) is 0.352. The Hall–Kier alpha value is -4.99. The number of amides is 2. The highest BCUT2D eigenvalue weighted by atomic mass is 16.5. The first-order valence-electron chi connectivity index (χ1n) is 14.9. The fourth-order valence-corrected chi connectivity index (χ4v) is 5.77. The lowest BCUT2D eigenvalue weighted by Crippen LogP contribution is -2.16. The summed E-state index contributed by atoms with van der Waals surface area (Å²) in [5, 5.41) is 4.48. The maximum Gasteiger partial charge on any atom is 0.305 e. The van der Waals surface area contributed by atoms with Gasteiger partial charge in [-0.1, -0.05) is 18.7 Å². The number of esters is 2. The van der Waals surface area contributed by atoms with E-state index < -0.39 is 0 Å². The van der Waals surface area contributed by atoms with Gasteiger partial charge in [0.15, 0.2) is 0 Å². The first kappa shape index (κ1) is 32.9. The van der Waals surface area contributed by atoms with E-state index in [-0.39, 0.29) is 42.5 Å². The Balaban J connectivity index is 1.91. The minimum atomic E-state index is -0.330. The smallest absolute Gasteiger partial charge is 0.305 e. The van der Waals surface area contributed by atoms with Gasteiger partial charge < -0.3 is 24.8 Å². The van der Waals surface area contributed by atoms with Gasteiger partial charge in [-0.05, 0) is 99.1 Å². The molecule has 10 nitrogen and oxygen atoms in total. The molecule has 0 radical (unpaired) electrons. The van der Waals surface area contributed by atoms with Crippen LogP contribution in [0.5, 0.6) is 0 Å². The molecule has 4 rings (SSSR count). The van der Waals surface area contributed by atoms with Crippen LogP contribution in [0.4, 0.5) is 0 Å². The van der Waals surface area contributed by atoms with Gasteiger partial charge in [0.2, 0.25) is 5.91 Å². The van der Waals surface area contributed by atoms with E-state index >= 15 is 0 Å². The molecule has 0 aliphatic carbocycles. The average Bonchev–Trinajstić information content (AvgIpc) is 3.66. The lowest BCUT2D eigenvalue weighted by Gasteiger charge is -2.04. The lowest BCUT2D eigenvalue weighted by molar-refractivity contribution is -0.141. The second-order valence-corrected chi connectivity index (χ2v) is 11.1. The molecule has 0 bridgehead atoms. The molecule has 0 aromatic carbocycles. The third kappa shape index (κ3) is 6.74. The number of H-pyrrole nitrogens is 2. The lowest BCUT2D eigenvalue weighted by atomic mass is 10.00. The summed E-state index contributed by atoms with van der Waals surface area (Å²) in [6.45, 7) is 13.3. The first-order chi connectivity index (χ1) is 21.4. The summed E-state index contributed by atoms with van der Waals surface area (Å²) >= 11 is 0. The van der Waals surface area contributed by atoms with Crippen molar-refractivity contribution in [3.8, 4) is 0 Å². The SMILES string of the molecule is C=CC1=C(C)C(/C=c2\[nH]/c(=C\c3[nH]c(/C=C4\NC(=O)C(C)\C4=C/C)c(C)c3CCC(=O)OC)c(CCC(=O)OC)c2C)=NC1=O. The molecule has 1 saturated heterocycles. The van der Waals surface area contributed by atoms with Crippen molar-refractivity contribution in [3.63, 3.8) is 0 Å². The van der Waals surface area contributed by atoms with Crippen LogP contribution in [-0.4, -0.2) is 53.7 Å². The first-order valence-corrected chi connectivity index (χ1v) is 14.9. The van der Waals surface area contributed by atoms with Crippen molar-refractivity contribution in [1.82, 2.24) is 15.3 Å². The molecule has 2 aliphatic rings. The van der Waals surface area contributed by atoms with Crippen LogP contribution in [0.25, 0.3) is 18.2 Å². The van der Waals surface area contributed by atoms with E-state index in [1.165, 1.54) is 20.3 Å². The highest BCUT2D eigenvalue weighted by Gasteiger charge is 2.29. The number of methoxy groups -OCH3 is 2. The van der Waals surface area contributed by atoms with Crippen molar-refractivity contribution in [1.29, 1.82) is 0 Å². The monoisotopic (exact) mass is 612 g/mol. The normalized spacial score (nSPS) is 19.2. The van der Waals surface area contributed by atoms with E-state index in [1.54, 1.807) is 0 Å². The Morgan fingerprint density at radius 3 is 2.11 bits per heavy atom. The fraction of sp³-hybridized carbons (Fsp3) is 0.343.